The summed E-state index contributed by atoms with van der Waals surface area (Å²) in [5.74, 6) is 1.20. The highest BCUT2D eigenvalue weighted by Gasteiger charge is 2.25. The fourth-order valence-electron chi connectivity index (χ4n) is 14.6. The van der Waals surface area contributed by atoms with Gasteiger partial charge in [0.1, 0.15) is 11.1 Å². The predicted molar refractivity (Wildman–Crippen MR) is 546 cm³/mol. The van der Waals surface area contributed by atoms with Gasteiger partial charge in [-0.1, -0.05) is 304 Å². The molecular formula is C113H142N14O3. The van der Waals surface area contributed by atoms with E-state index in [2.05, 4.69) is 376 Å². The maximum absolute atomic E-state index is 5.35. The third-order valence-electron chi connectivity index (χ3n) is 22.1. The van der Waals surface area contributed by atoms with Crippen molar-refractivity contribution in [2.45, 2.75) is 264 Å². The van der Waals surface area contributed by atoms with E-state index in [1.807, 2.05) is 161 Å². The molecule has 1 aliphatic rings. The molecule has 6 aromatic carbocycles. The maximum Gasteiger partial charge on any atom is 0.181 e. The van der Waals surface area contributed by atoms with Crippen molar-refractivity contribution in [2.75, 3.05) is 0 Å². The number of para-hydroxylation sites is 2. The van der Waals surface area contributed by atoms with E-state index in [1.165, 1.54) is 94.6 Å². The Kier molecular flexibility index (Phi) is 31.9. The molecule has 682 valence electrons. The summed E-state index contributed by atoms with van der Waals surface area (Å²) >= 11 is 0. The number of pyridine rings is 4. The van der Waals surface area contributed by atoms with Crippen LogP contribution in [0.3, 0.4) is 0 Å². The smallest absolute Gasteiger partial charge is 0.181 e. The van der Waals surface area contributed by atoms with Crippen LogP contribution in [0.5, 0.6) is 0 Å². The molecule has 13 aromatic heterocycles. The number of hydrogen-bond donors (Lipinski definition) is 1. The Balaban J connectivity index is 0.000000150. The minimum Gasteiger partial charge on any atom is -0.464 e. The van der Waals surface area contributed by atoms with Crippen molar-refractivity contribution in [1.29, 1.82) is 0 Å². The molecule has 1 N–H and O–H groups in total. The number of nitrogens with one attached hydrogen (secondary N) is 1. The van der Waals surface area contributed by atoms with Crippen LogP contribution in [-0.4, -0.2) is 69.3 Å². The highest BCUT2D eigenvalue weighted by atomic mass is 16.5. The number of rotatable bonds is 3. The molecule has 17 heteroatoms. The summed E-state index contributed by atoms with van der Waals surface area (Å²) in [6, 6.07) is 72.9. The minimum atomic E-state index is 0. The Morgan fingerprint density at radius 2 is 1.05 bits per heavy atom. The first-order valence-corrected chi connectivity index (χ1v) is 45.2. The highest BCUT2D eigenvalue weighted by Crippen LogP contribution is 2.34. The number of H-pyrrole nitrogens is 1. The van der Waals surface area contributed by atoms with Gasteiger partial charge in [-0.25, -0.2) is 23.5 Å². The molecule has 0 saturated carbocycles. The van der Waals surface area contributed by atoms with Crippen LogP contribution in [0.15, 0.2) is 299 Å². The third-order valence-corrected chi connectivity index (χ3v) is 22.1. The number of aromatic nitrogens is 13. The number of aliphatic imine (C=N–C) groups is 1. The molecule has 0 spiro atoms. The Bertz CT molecular complexity index is 6390. The number of benzene rings is 6. The van der Waals surface area contributed by atoms with Gasteiger partial charge in [-0.3, -0.25) is 9.67 Å². The lowest BCUT2D eigenvalue weighted by Crippen LogP contribution is -2.16. The van der Waals surface area contributed by atoms with E-state index in [0.717, 1.165) is 63.3 Å². The standard InChI is InChI=1S/C12H16N2.C12H15N.C12H14O.3C11H14N2.2C11H13NO.C11H13N.C10H12N2.CH4/c1-12(2,3)9-14-11-7-5-4-6-10(11)8-13-14;1-12(2,3)11-6-4-5-9-7-13-8-10(9)11;1-12(2,3)10-5-4-9-6-7-13-11(9)8-10;1-11(2,3)9-8-12-13-7-5-4-6-10(9)13;1-11(2,3)10-9-6-4-5-7-13(9)8-12-10;1-11(2,3)10-8-9-6-4-5-7-13(9)12-10;1-11(2,3)8-4-5-10-9(6-8)12-7-13-10;1-11(2,3)10-8-6-4-5-7-9(8)13-12-10;1-8(2)10-4-3-9-5-6-12-11(9)7-10;1-8(2)9-4-6-12-10(7-9)3-5-11-12;/h4-8H,9H2,1-3H3;4-6,8H,7H2,1-3H3;4*4-8H,1-3H3;2*4-7H,1-3H3;3-8,12H,1-2H3;3-8H,1-2H3;1H4. The molecule has 0 aliphatic carbocycles. The largest absolute Gasteiger partial charge is 0.464 e. The fraction of sp³-hybridized carbons (Fsp3) is 0.363. The van der Waals surface area contributed by atoms with Crippen molar-refractivity contribution in [3.05, 3.63) is 342 Å². The summed E-state index contributed by atoms with van der Waals surface area (Å²) in [5.41, 5.74) is 26.3. The first-order valence-electron chi connectivity index (χ1n) is 45.2. The minimum absolute atomic E-state index is 0. The van der Waals surface area contributed by atoms with E-state index in [9.17, 15) is 0 Å². The first-order chi connectivity index (χ1) is 60.7. The number of aromatic amines is 1. The zero-order valence-electron chi connectivity index (χ0n) is 81.7. The molecule has 0 radical (unpaired) electrons. The van der Waals surface area contributed by atoms with E-state index in [0.29, 0.717) is 11.8 Å². The quantitative estimate of drug-likeness (QED) is 0.179. The second kappa shape index (κ2) is 41.8. The summed E-state index contributed by atoms with van der Waals surface area (Å²) in [5, 5.41) is 26.2. The Morgan fingerprint density at radius 1 is 0.423 bits per heavy atom. The topological polar surface area (TPSA) is 180 Å². The number of oxazole rings is 1. The summed E-state index contributed by atoms with van der Waals surface area (Å²) in [7, 11) is 0. The van der Waals surface area contributed by atoms with Crippen LogP contribution in [0.4, 0.5) is 0 Å². The van der Waals surface area contributed by atoms with Crippen molar-refractivity contribution in [1.82, 2.24) is 63.1 Å². The van der Waals surface area contributed by atoms with Crippen molar-refractivity contribution >= 4 is 83.1 Å². The Morgan fingerprint density at radius 3 is 1.72 bits per heavy atom. The summed E-state index contributed by atoms with van der Waals surface area (Å²) in [4.78, 5) is 16.1. The van der Waals surface area contributed by atoms with Crippen LogP contribution < -0.4 is 0 Å². The molecule has 0 saturated heterocycles. The summed E-state index contributed by atoms with van der Waals surface area (Å²) in [6.07, 6.45) is 22.8. The van der Waals surface area contributed by atoms with E-state index in [1.54, 1.807) is 6.26 Å². The van der Waals surface area contributed by atoms with Crippen LogP contribution in [0.2, 0.25) is 0 Å². The maximum atomic E-state index is 5.35. The van der Waals surface area contributed by atoms with Gasteiger partial charge in [0.25, 0.3) is 0 Å². The second-order valence-electron chi connectivity index (χ2n) is 42.3. The molecule has 0 atom stereocenters. The Labute approximate surface area is 771 Å². The van der Waals surface area contributed by atoms with E-state index < -0.39 is 0 Å². The van der Waals surface area contributed by atoms with Gasteiger partial charge in [0.2, 0.25) is 0 Å². The first kappa shape index (κ1) is 99.4. The van der Waals surface area contributed by atoms with E-state index in [-0.39, 0.29) is 50.7 Å². The van der Waals surface area contributed by atoms with E-state index >= 15 is 0 Å². The fourth-order valence-corrected chi connectivity index (χ4v) is 14.6. The SMILES string of the molecule is C.CC(C)(C)Cn1ncc2ccccc21.CC(C)(C)c1cc2ccccn2n1.CC(C)(C)c1ccc2ccoc2c1.CC(C)(C)c1ccc2ocnc2c1.CC(C)(C)c1cccc2c1C=NC2.CC(C)(C)c1cnn2ccccc12.CC(C)(C)c1ncn2ccccc12.CC(C)(C)c1noc2ccccc12.CC(C)c1ccc2cc[nH]c2c1.CC(C)c1ccn2nccc2c1. The molecule has 1 aliphatic heterocycles. The van der Waals surface area contributed by atoms with Crippen LogP contribution in [0, 0.1) is 5.41 Å². The lowest BCUT2D eigenvalue weighted by Gasteiger charge is -2.21. The average Bonchev–Trinajstić information content (AvgIpc) is 1.74. The predicted octanol–water partition coefficient (Wildman–Crippen LogP) is 30.3. The lowest BCUT2D eigenvalue weighted by molar-refractivity contribution is 0.331. The van der Waals surface area contributed by atoms with Crippen molar-refractivity contribution in [3.8, 4) is 0 Å². The van der Waals surface area contributed by atoms with Gasteiger partial charge in [-0.2, -0.15) is 20.4 Å². The molecule has 20 rings (SSSR count). The molecule has 17 nitrogen and oxygen atoms in total. The number of fused-ring (bicyclic) bond motifs is 10. The molecule has 0 amide bonds. The summed E-state index contributed by atoms with van der Waals surface area (Å²) in [6.45, 7) is 63.3. The highest BCUT2D eigenvalue weighted by molar-refractivity contribution is 5.87. The second-order valence-corrected chi connectivity index (χ2v) is 42.3. The van der Waals surface area contributed by atoms with Gasteiger partial charge in [0, 0.05) is 99.0 Å². The number of nitrogens with zero attached hydrogens (tertiary/aromatic N) is 13. The van der Waals surface area contributed by atoms with Crippen LogP contribution in [0.1, 0.15) is 275 Å². The molecule has 0 fully saturated rings. The monoisotopic (exact) mass is 1740 g/mol. The van der Waals surface area contributed by atoms with E-state index in [4.69, 9.17) is 13.4 Å². The van der Waals surface area contributed by atoms with Crippen LogP contribution in [-0.2, 0) is 51.0 Å². The van der Waals surface area contributed by atoms with Crippen LogP contribution >= 0.6 is 0 Å². The van der Waals surface area contributed by atoms with Gasteiger partial charge in [0.05, 0.1) is 76.2 Å². The van der Waals surface area contributed by atoms with Gasteiger partial charge in [-0.05, 0) is 193 Å². The van der Waals surface area contributed by atoms with Crippen molar-refractivity contribution in [3.63, 3.8) is 0 Å². The number of hydrogen-bond acceptors (Lipinski definition) is 11. The molecule has 0 bridgehead atoms. The van der Waals surface area contributed by atoms with Gasteiger partial charge >= 0.3 is 0 Å². The van der Waals surface area contributed by atoms with Crippen molar-refractivity contribution < 1.29 is 13.4 Å². The average molecular weight is 1740 g/mol. The zero-order chi connectivity index (χ0) is 93.6. The Hall–Kier alpha value is -12.8. The van der Waals surface area contributed by atoms with Gasteiger partial charge in [-0.15, -0.1) is 0 Å². The van der Waals surface area contributed by atoms with Crippen molar-refractivity contribution in [2.24, 2.45) is 10.4 Å². The molecule has 19 aromatic rings. The van der Waals surface area contributed by atoms with Gasteiger partial charge in [0.15, 0.2) is 17.6 Å². The molecular weight excluding hydrogens is 1600 g/mol. The molecule has 130 heavy (non-hydrogen) atoms. The lowest BCUT2D eigenvalue weighted by atomic mass is 9.83. The normalized spacial score (nSPS) is 12.2. The summed E-state index contributed by atoms with van der Waals surface area (Å²) < 4.78 is 25.6. The third kappa shape index (κ3) is 26.7. The zero-order valence-corrected chi connectivity index (χ0v) is 81.7. The molecule has 0 unspecified atom stereocenters. The van der Waals surface area contributed by atoms with Gasteiger partial charge < -0.3 is 22.7 Å². The number of imidazole rings is 1. The molecule has 14 heterocycles. The number of furan rings is 1. The van der Waals surface area contributed by atoms with Crippen LogP contribution in [0.25, 0.3) is 76.9 Å².